The van der Waals surface area contributed by atoms with Gasteiger partial charge in [0.05, 0.1) is 6.61 Å². The van der Waals surface area contributed by atoms with E-state index in [0.717, 1.165) is 12.8 Å². The monoisotopic (exact) mass is 279 g/mol. The van der Waals surface area contributed by atoms with Crippen LogP contribution >= 0.6 is 0 Å². The number of benzene rings is 1. The van der Waals surface area contributed by atoms with Crippen molar-refractivity contribution in [1.82, 2.24) is 0 Å². The minimum absolute atomic E-state index is 0.00352. The van der Waals surface area contributed by atoms with Crippen LogP contribution in [0.1, 0.15) is 39.2 Å². The first-order valence-corrected chi connectivity index (χ1v) is 6.70. The van der Waals surface area contributed by atoms with Gasteiger partial charge in [0.25, 0.3) is 0 Å². The van der Waals surface area contributed by atoms with Crippen molar-refractivity contribution in [3.63, 3.8) is 0 Å². The van der Waals surface area contributed by atoms with Crippen molar-refractivity contribution in [3.05, 3.63) is 23.8 Å². The van der Waals surface area contributed by atoms with Crippen molar-refractivity contribution in [3.8, 4) is 5.75 Å². The van der Waals surface area contributed by atoms with E-state index in [-0.39, 0.29) is 17.8 Å². The molecule has 1 aromatic carbocycles. The number of hydrogen-bond acceptors (Lipinski definition) is 4. The van der Waals surface area contributed by atoms with Gasteiger partial charge in [-0.2, -0.15) is 0 Å². The number of phenols is 1. The fourth-order valence-corrected chi connectivity index (χ4v) is 2.12. The van der Waals surface area contributed by atoms with Gasteiger partial charge < -0.3 is 14.9 Å². The number of amides is 1. The molecule has 3 N–H and O–H groups in total. The quantitative estimate of drug-likeness (QED) is 0.743. The summed E-state index contributed by atoms with van der Waals surface area (Å²) in [7, 11) is 0. The zero-order valence-corrected chi connectivity index (χ0v) is 12.1. The molecule has 110 valence electrons. The number of nitrogens with one attached hydrogen (secondary N) is 1. The molecular formula is C15H21NO4. The van der Waals surface area contributed by atoms with E-state index in [4.69, 9.17) is 4.74 Å². The van der Waals surface area contributed by atoms with Gasteiger partial charge >= 0.3 is 6.09 Å². The average molecular weight is 279 g/mol. The summed E-state index contributed by atoms with van der Waals surface area (Å²) in [5.74, 6) is 0.145. The summed E-state index contributed by atoms with van der Waals surface area (Å²) in [6, 6.07) is 4.83. The van der Waals surface area contributed by atoms with E-state index in [1.54, 1.807) is 32.9 Å². The van der Waals surface area contributed by atoms with Crippen LogP contribution in [0, 0.1) is 0 Å². The number of aliphatic hydroxyl groups excluding tert-OH is 1. The molecule has 1 fully saturated rings. The Labute approximate surface area is 118 Å². The molecule has 2 rings (SSSR count). The van der Waals surface area contributed by atoms with Crippen LogP contribution in [-0.4, -0.2) is 28.5 Å². The topological polar surface area (TPSA) is 78.8 Å². The van der Waals surface area contributed by atoms with Crippen molar-refractivity contribution >= 4 is 11.8 Å². The highest BCUT2D eigenvalue weighted by Crippen LogP contribution is 2.51. The lowest BCUT2D eigenvalue weighted by molar-refractivity contribution is 0.0636. The molecule has 0 saturated heterocycles. The van der Waals surface area contributed by atoms with Crippen LogP contribution in [0.15, 0.2) is 18.2 Å². The van der Waals surface area contributed by atoms with Gasteiger partial charge in [-0.3, -0.25) is 5.32 Å². The molecule has 1 amide bonds. The van der Waals surface area contributed by atoms with Crippen LogP contribution in [0.2, 0.25) is 0 Å². The number of carbonyl (C=O) groups is 1. The first-order valence-electron chi connectivity index (χ1n) is 6.70. The Bertz CT molecular complexity index is 515. The molecule has 0 bridgehead atoms. The van der Waals surface area contributed by atoms with Crippen LogP contribution in [0.4, 0.5) is 10.5 Å². The van der Waals surface area contributed by atoms with Crippen molar-refractivity contribution in [1.29, 1.82) is 0 Å². The Kier molecular flexibility index (Phi) is 3.65. The van der Waals surface area contributed by atoms with Crippen LogP contribution in [0.5, 0.6) is 5.75 Å². The minimum Gasteiger partial charge on any atom is -0.508 e. The summed E-state index contributed by atoms with van der Waals surface area (Å²) in [4.78, 5) is 11.7. The Balaban J connectivity index is 2.14. The SMILES string of the molecule is CC(C)(C)OC(=O)Nc1ccc(O)c(C2(CO)CC2)c1. The summed E-state index contributed by atoms with van der Waals surface area (Å²) in [6.07, 6.45) is 1.14. The third kappa shape index (κ3) is 3.22. The second-order valence-corrected chi connectivity index (χ2v) is 6.30. The highest BCUT2D eigenvalue weighted by atomic mass is 16.6. The first kappa shape index (κ1) is 14.7. The zero-order valence-electron chi connectivity index (χ0n) is 12.1. The van der Waals surface area contributed by atoms with Gasteiger partial charge in [0.2, 0.25) is 0 Å². The van der Waals surface area contributed by atoms with Gasteiger partial charge in [-0.05, 0) is 51.8 Å². The van der Waals surface area contributed by atoms with Crippen LogP contribution in [0.25, 0.3) is 0 Å². The van der Waals surface area contributed by atoms with Gasteiger partial charge in [0.15, 0.2) is 0 Å². The lowest BCUT2D eigenvalue weighted by atomic mass is 9.95. The molecule has 5 nitrogen and oxygen atoms in total. The van der Waals surface area contributed by atoms with Gasteiger partial charge in [0.1, 0.15) is 11.4 Å². The molecule has 0 aliphatic heterocycles. The Morgan fingerprint density at radius 3 is 2.55 bits per heavy atom. The first-order chi connectivity index (χ1) is 9.26. The second kappa shape index (κ2) is 4.98. The van der Waals surface area contributed by atoms with Crippen LogP contribution in [-0.2, 0) is 10.2 Å². The minimum atomic E-state index is -0.563. The lowest BCUT2D eigenvalue weighted by Crippen LogP contribution is -2.27. The molecule has 1 aliphatic carbocycles. The molecule has 1 aliphatic rings. The van der Waals surface area contributed by atoms with Crippen LogP contribution in [0.3, 0.4) is 0 Å². The highest BCUT2D eigenvalue weighted by molar-refractivity contribution is 5.85. The fourth-order valence-electron chi connectivity index (χ4n) is 2.12. The Hall–Kier alpha value is -1.75. The van der Waals surface area contributed by atoms with Crippen LogP contribution < -0.4 is 5.32 Å². The standard InChI is InChI=1S/C15H21NO4/c1-14(2,3)20-13(19)16-10-4-5-12(18)11(8-10)15(9-17)6-7-15/h4-5,8,17-18H,6-7,9H2,1-3H3,(H,16,19). The molecule has 0 spiro atoms. The van der Waals surface area contributed by atoms with Crippen molar-refractivity contribution in [2.45, 2.75) is 44.6 Å². The zero-order chi connectivity index (χ0) is 15.0. The number of rotatable bonds is 3. The maximum atomic E-state index is 11.7. The molecule has 1 aromatic rings. The predicted molar refractivity (Wildman–Crippen MR) is 76.0 cm³/mol. The number of phenolic OH excluding ortho intramolecular Hbond substituents is 1. The Morgan fingerprint density at radius 1 is 1.40 bits per heavy atom. The number of aromatic hydroxyl groups is 1. The molecule has 0 unspecified atom stereocenters. The molecule has 0 heterocycles. The summed E-state index contributed by atoms with van der Waals surface area (Å²) < 4.78 is 5.18. The fraction of sp³-hybridized carbons (Fsp3) is 0.533. The van der Waals surface area contributed by atoms with Crippen molar-refractivity contribution in [2.24, 2.45) is 0 Å². The van der Waals surface area contributed by atoms with E-state index in [2.05, 4.69) is 5.32 Å². The lowest BCUT2D eigenvalue weighted by Gasteiger charge is -2.20. The molecule has 20 heavy (non-hydrogen) atoms. The van der Waals surface area contributed by atoms with E-state index in [0.29, 0.717) is 11.3 Å². The number of hydrogen-bond donors (Lipinski definition) is 3. The number of aliphatic hydroxyl groups is 1. The molecule has 5 heteroatoms. The molecule has 1 saturated carbocycles. The predicted octanol–water partition coefficient (Wildman–Crippen LogP) is 2.76. The second-order valence-electron chi connectivity index (χ2n) is 6.30. The third-order valence-corrected chi connectivity index (χ3v) is 3.37. The number of carbonyl (C=O) groups excluding carboxylic acids is 1. The average Bonchev–Trinajstić information content (AvgIpc) is 3.10. The molecule has 0 radical (unpaired) electrons. The van der Waals surface area contributed by atoms with Gasteiger partial charge in [-0.1, -0.05) is 0 Å². The summed E-state index contributed by atoms with van der Waals surface area (Å²) >= 11 is 0. The summed E-state index contributed by atoms with van der Waals surface area (Å²) in [5, 5.41) is 22.0. The van der Waals surface area contributed by atoms with Gasteiger partial charge in [-0.25, -0.2) is 4.79 Å². The molecule has 0 atom stereocenters. The summed E-state index contributed by atoms with van der Waals surface area (Å²) in [5.41, 5.74) is 0.308. The number of anilines is 1. The van der Waals surface area contributed by atoms with Gasteiger partial charge in [0, 0.05) is 16.7 Å². The van der Waals surface area contributed by atoms with Crippen molar-refractivity contribution in [2.75, 3.05) is 11.9 Å². The Morgan fingerprint density at radius 2 is 2.05 bits per heavy atom. The van der Waals surface area contributed by atoms with E-state index in [9.17, 15) is 15.0 Å². The van der Waals surface area contributed by atoms with E-state index < -0.39 is 11.7 Å². The smallest absolute Gasteiger partial charge is 0.412 e. The van der Waals surface area contributed by atoms with E-state index in [1.807, 2.05) is 0 Å². The largest absolute Gasteiger partial charge is 0.508 e. The van der Waals surface area contributed by atoms with Crippen molar-refractivity contribution < 1.29 is 19.7 Å². The maximum Gasteiger partial charge on any atom is 0.412 e. The van der Waals surface area contributed by atoms with Gasteiger partial charge in [-0.15, -0.1) is 0 Å². The normalized spacial score (nSPS) is 16.6. The highest BCUT2D eigenvalue weighted by Gasteiger charge is 2.45. The molecular weight excluding hydrogens is 258 g/mol. The summed E-state index contributed by atoms with van der Waals surface area (Å²) in [6.45, 7) is 5.37. The molecule has 0 aromatic heterocycles. The van der Waals surface area contributed by atoms with E-state index in [1.165, 1.54) is 6.07 Å². The number of ether oxygens (including phenoxy) is 1. The third-order valence-electron chi connectivity index (χ3n) is 3.37. The maximum absolute atomic E-state index is 11.7. The van der Waals surface area contributed by atoms with E-state index >= 15 is 0 Å².